The molecule has 3 aliphatic rings. The van der Waals surface area contributed by atoms with Crippen LogP contribution in [0.2, 0.25) is 5.02 Å². The summed E-state index contributed by atoms with van der Waals surface area (Å²) in [6.45, 7) is 8.44. The Kier molecular flexibility index (Phi) is 4.29. The van der Waals surface area contributed by atoms with Crippen LogP contribution in [0.25, 0.3) is 0 Å². The number of fused-ring (bicyclic) bond motifs is 3. The van der Waals surface area contributed by atoms with Crippen molar-refractivity contribution in [1.29, 1.82) is 0 Å². The molecule has 132 valence electrons. The zero-order chi connectivity index (χ0) is 17.6. The van der Waals surface area contributed by atoms with Crippen molar-refractivity contribution >= 4 is 34.6 Å². The normalized spacial score (nSPS) is 28.7. The fraction of sp³-hybridized carbons (Fsp3) is 0.474. The van der Waals surface area contributed by atoms with E-state index in [-0.39, 0.29) is 6.04 Å². The molecule has 1 aromatic carbocycles. The van der Waals surface area contributed by atoms with E-state index in [4.69, 9.17) is 21.6 Å². The van der Waals surface area contributed by atoms with Crippen LogP contribution in [0, 0.1) is 0 Å². The van der Waals surface area contributed by atoms with Gasteiger partial charge in [0.2, 0.25) is 0 Å². The molecule has 3 aliphatic heterocycles. The second kappa shape index (κ2) is 6.46. The summed E-state index contributed by atoms with van der Waals surface area (Å²) in [5.41, 5.74) is 1.94. The lowest BCUT2D eigenvalue weighted by molar-refractivity contribution is 0.257. The highest BCUT2D eigenvalue weighted by atomic mass is 35.5. The summed E-state index contributed by atoms with van der Waals surface area (Å²) in [4.78, 5) is 14.5. The number of nitrogens with zero attached hydrogens (tertiary/aromatic N) is 4. The summed E-state index contributed by atoms with van der Waals surface area (Å²) >= 11 is 6.24. The van der Waals surface area contributed by atoms with E-state index in [1.807, 2.05) is 18.2 Å². The first kappa shape index (κ1) is 16.6. The average molecular weight is 358 g/mol. The molecular formula is C19H24ClN5. The van der Waals surface area contributed by atoms with Crippen LogP contribution in [-0.4, -0.2) is 47.8 Å². The average Bonchev–Trinajstić information content (AvgIpc) is 2.74. The Balaban J connectivity index is 1.83. The van der Waals surface area contributed by atoms with Gasteiger partial charge in [0.05, 0.1) is 17.4 Å². The number of nitrogens with one attached hydrogen (secondary N) is 1. The van der Waals surface area contributed by atoms with Crippen LogP contribution >= 0.6 is 11.6 Å². The van der Waals surface area contributed by atoms with Crippen LogP contribution in [0.15, 0.2) is 40.5 Å². The van der Waals surface area contributed by atoms with Crippen molar-refractivity contribution in [3.63, 3.8) is 0 Å². The predicted molar refractivity (Wildman–Crippen MR) is 105 cm³/mol. The van der Waals surface area contributed by atoms with Crippen LogP contribution in [0.5, 0.6) is 0 Å². The summed E-state index contributed by atoms with van der Waals surface area (Å²) in [5.74, 6) is 1.89. The van der Waals surface area contributed by atoms with Crippen molar-refractivity contribution in [2.24, 2.45) is 9.98 Å². The zero-order valence-electron chi connectivity index (χ0n) is 14.9. The molecular weight excluding hydrogens is 334 g/mol. The maximum Gasteiger partial charge on any atom is 0.176 e. The van der Waals surface area contributed by atoms with Crippen molar-refractivity contribution in [3.8, 4) is 0 Å². The van der Waals surface area contributed by atoms with Gasteiger partial charge in [0.25, 0.3) is 0 Å². The number of aliphatic imine (C=N–C) groups is 2. The quantitative estimate of drug-likeness (QED) is 0.771. The summed E-state index contributed by atoms with van der Waals surface area (Å²) in [6.07, 6.45) is 5.22. The summed E-state index contributed by atoms with van der Waals surface area (Å²) in [6, 6.07) is 6.94. The molecule has 0 spiro atoms. The lowest BCUT2D eigenvalue weighted by Gasteiger charge is -2.41. The molecule has 1 fully saturated rings. The molecule has 3 heterocycles. The van der Waals surface area contributed by atoms with Crippen LogP contribution in [0.1, 0.15) is 27.2 Å². The van der Waals surface area contributed by atoms with Gasteiger partial charge >= 0.3 is 0 Å². The number of hydrogen-bond acceptors (Lipinski definition) is 5. The number of rotatable bonds is 0. The molecule has 3 atom stereocenters. The minimum absolute atomic E-state index is 0.236. The van der Waals surface area contributed by atoms with Crippen LogP contribution < -0.4 is 10.2 Å². The standard InChI is InChI=1S/C19H24ClN5/c1-12-5-4-8-25-17-9-15(20)6-7-16(17)23-18(19(25)22-12)24-10-13(2)21-14(3)11-24/h4,6-9,12-14,21H,5,10-11H2,1-3H3. The molecule has 1 aromatic rings. The number of piperazine rings is 1. The van der Waals surface area contributed by atoms with E-state index in [0.29, 0.717) is 17.1 Å². The molecule has 0 amide bonds. The van der Waals surface area contributed by atoms with E-state index in [9.17, 15) is 0 Å². The summed E-state index contributed by atoms with van der Waals surface area (Å²) < 4.78 is 0. The second-order valence-electron chi connectivity index (χ2n) is 7.23. The van der Waals surface area contributed by atoms with Crippen LogP contribution in [0.4, 0.5) is 11.4 Å². The minimum Gasteiger partial charge on any atom is -0.350 e. The van der Waals surface area contributed by atoms with E-state index < -0.39 is 0 Å². The Morgan fingerprint density at radius 1 is 1.12 bits per heavy atom. The molecule has 0 saturated carbocycles. The van der Waals surface area contributed by atoms with E-state index in [1.165, 1.54) is 0 Å². The van der Waals surface area contributed by atoms with Gasteiger partial charge in [-0.2, -0.15) is 0 Å². The number of benzene rings is 1. The smallest absolute Gasteiger partial charge is 0.176 e. The lowest BCUT2D eigenvalue weighted by Crippen LogP contribution is -2.58. The highest BCUT2D eigenvalue weighted by Gasteiger charge is 2.33. The Hall–Kier alpha value is -1.85. The molecule has 6 heteroatoms. The number of anilines is 1. The molecule has 0 aliphatic carbocycles. The second-order valence-corrected chi connectivity index (χ2v) is 7.67. The van der Waals surface area contributed by atoms with Gasteiger partial charge in [0.1, 0.15) is 0 Å². The Morgan fingerprint density at radius 3 is 2.64 bits per heavy atom. The number of amidine groups is 2. The van der Waals surface area contributed by atoms with Crippen molar-refractivity contribution in [2.75, 3.05) is 18.0 Å². The van der Waals surface area contributed by atoms with Gasteiger partial charge in [-0.3, -0.25) is 9.89 Å². The van der Waals surface area contributed by atoms with Crippen LogP contribution in [-0.2, 0) is 0 Å². The molecule has 0 radical (unpaired) electrons. The maximum atomic E-state index is 6.24. The van der Waals surface area contributed by atoms with E-state index in [0.717, 1.165) is 42.6 Å². The fourth-order valence-corrected chi connectivity index (χ4v) is 3.94. The Morgan fingerprint density at radius 2 is 1.88 bits per heavy atom. The number of hydrogen-bond donors (Lipinski definition) is 1. The Labute approximate surface area is 154 Å². The molecule has 4 rings (SSSR count). The van der Waals surface area contributed by atoms with Crippen molar-refractivity contribution in [2.45, 2.75) is 45.3 Å². The fourth-order valence-electron chi connectivity index (χ4n) is 3.78. The first-order valence-electron chi connectivity index (χ1n) is 8.94. The SMILES string of the molecule is CC1CC=CN2C(=N1)C(N1CC(C)NC(C)C1)=Nc1ccc(Cl)cc12. The molecule has 1 N–H and O–H groups in total. The summed E-state index contributed by atoms with van der Waals surface area (Å²) in [7, 11) is 0. The van der Waals surface area contributed by atoms with E-state index in [1.54, 1.807) is 0 Å². The molecule has 5 nitrogen and oxygen atoms in total. The number of halogens is 1. The molecule has 1 saturated heterocycles. The molecule has 25 heavy (non-hydrogen) atoms. The van der Waals surface area contributed by atoms with E-state index in [2.05, 4.69) is 48.2 Å². The van der Waals surface area contributed by atoms with Crippen LogP contribution in [0.3, 0.4) is 0 Å². The summed E-state index contributed by atoms with van der Waals surface area (Å²) in [5, 5.41) is 4.30. The molecule has 0 aromatic heterocycles. The molecule has 3 unspecified atom stereocenters. The van der Waals surface area contributed by atoms with E-state index >= 15 is 0 Å². The van der Waals surface area contributed by atoms with Gasteiger partial charge in [-0.15, -0.1) is 0 Å². The topological polar surface area (TPSA) is 43.2 Å². The van der Waals surface area contributed by atoms with Crippen molar-refractivity contribution in [3.05, 3.63) is 35.5 Å². The van der Waals surface area contributed by atoms with Crippen molar-refractivity contribution in [1.82, 2.24) is 10.2 Å². The Bertz CT molecular complexity index is 759. The third kappa shape index (κ3) is 3.18. The van der Waals surface area contributed by atoms with Gasteiger partial charge in [-0.25, -0.2) is 4.99 Å². The maximum absolute atomic E-state index is 6.24. The lowest BCUT2D eigenvalue weighted by atomic mass is 10.1. The zero-order valence-corrected chi connectivity index (χ0v) is 15.7. The van der Waals surface area contributed by atoms with Gasteiger partial charge in [-0.1, -0.05) is 17.7 Å². The van der Waals surface area contributed by atoms with Gasteiger partial charge < -0.3 is 10.2 Å². The highest BCUT2D eigenvalue weighted by Crippen LogP contribution is 2.37. The highest BCUT2D eigenvalue weighted by molar-refractivity contribution is 6.48. The van der Waals surface area contributed by atoms with Gasteiger partial charge in [0, 0.05) is 36.4 Å². The minimum atomic E-state index is 0.236. The van der Waals surface area contributed by atoms with Crippen molar-refractivity contribution < 1.29 is 0 Å². The first-order chi connectivity index (χ1) is 12.0. The first-order valence-corrected chi connectivity index (χ1v) is 9.32. The molecule has 0 bridgehead atoms. The van der Waals surface area contributed by atoms with Gasteiger partial charge in [-0.05, 0) is 45.4 Å². The van der Waals surface area contributed by atoms with Gasteiger partial charge in [0.15, 0.2) is 11.7 Å². The predicted octanol–water partition coefficient (Wildman–Crippen LogP) is 3.58. The largest absolute Gasteiger partial charge is 0.350 e. The monoisotopic (exact) mass is 357 g/mol. The third-order valence-corrected chi connectivity index (χ3v) is 5.02. The third-order valence-electron chi connectivity index (χ3n) is 4.78.